The molecule has 3 amide bonds. The highest BCUT2D eigenvalue weighted by Crippen LogP contribution is 2.24. The van der Waals surface area contributed by atoms with Crippen molar-refractivity contribution >= 4 is 22.8 Å². The SMILES string of the molecule is COc1ccc(CNC(=O)N2CCCN2C(=O)Cc2c(C)[nH]c3ccccc23)cc1. The molecule has 2 N–H and O–H groups in total. The Labute approximate surface area is 175 Å². The van der Waals surface area contributed by atoms with Gasteiger partial charge in [-0.3, -0.25) is 4.79 Å². The first-order chi connectivity index (χ1) is 14.6. The van der Waals surface area contributed by atoms with Gasteiger partial charge in [0.15, 0.2) is 0 Å². The molecule has 2 heterocycles. The number of hydrogen-bond donors (Lipinski definition) is 2. The van der Waals surface area contributed by atoms with Crippen LogP contribution in [0.25, 0.3) is 10.9 Å². The molecule has 30 heavy (non-hydrogen) atoms. The second-order valence-corrected chi connectivity index (χ2v) is 7.45. The largest absolute Gasteiger partial charge is 0.497 e. The van der Waals surface area contributed by atoms with Crippen LogP contribution in [0.1, 0.15) is 23.2 Å². The van der Waals surface area contributed by atoms with Gasteiger partial charge in [0.2, 0.25) is 5.91 Å². The number of ether oxygens (including phenoxy) is 1. The summed E-state index contributed by atoms with van der Waals surface area (Å²) in [6.45, 7) is 3.46. The van der Waals surface area contributed by atoms with Crippen molar-refractivity contribution < 1.29 is 14.3 Å². The number of rotatable bonds is 5. The Kier molecular flexibility index (Phi) is 5.61. The summed E-state index contributed by atoms with van der Waals surface area (Å²) >= 11 is 0. The Hall–Kier alpha value is -3.48. The summed E-state index contributed by atoms with van der Waals surface area (Å²) in [5.41, 5.74) is 3.96. The molecule has 7 nitrogen and oxygen atoms in total. The topological polar surface area (TPSA) is 77.7 Å². The van der Waals surface area contributed by atoms with Crippen molar-refractivity contribution in [3.63, 3.8) is 0 Å². The first-order valence-corrected chi connectivity index (χ1v) is 10.1. The van der Waals surface area contributed by atoms with Gasteiger partial charge in [-0.25, -0.2) is 14.8 Å². The monoisotopic (exact) mass is 406 g/mol. The summed E-state index contributed by atoms with van der Waals surface area (Å²) in [6, 6.07) is 15.2. The van der Waals surface area contributed by atoms with Crippen molar-refractivity contribution in [1.29, 1.82) is 0 Å². The van der Waals surface area contributed by atoms with Crippen molar-refractivity contribution in [2.24, 2.45) is 0 Å². The zero-order valence-corrected chi connectivity index (χ0v) is 17.3. The number of aryl methyl sites for hydroxylation is 1. The Balaban J connectivity index is 1.41. The Morgan fingerprint density at radius 2 is 1.80 bits per heavy atom. The zero-order chi connectivity index (χ0) is 21.1. The third kappa shape index (κ3) is 3.96. The van der Waals surface area contributed by atoms with Gasteiger partial charge in [-0.2, -0.15) is 0 Å². The van der Waals surface area contributed by atoms with Gasteiger partial charge in [-0.05, 0) is 42.7 Å². The molecule has 2 aromatic carbocycles. The molecule has 0 saturated carbocycles. The molecule has 0 aliphatic carbocycles. The Morgan fingerprint density at radius 1 is 1.07 bits per heavy atom. The van der Waals surface area contributed by atoms with Crippen molar-refractivity contribution in [1.82, 2.24) is 20.3 Å². The van der Waals surface area contributed by atoms with Gasteiger partial charge < -0.3 is 15.0 Å². The van der Waals surface area contributed by atoms with E-state index >= 15 is 0 Å². The van der Waals surface area contributed by atoms with E-state index in [4.69, 9.17) is 4.74 Å². The minimum atomic E-state index is -0.257. The third-order valence-electron chi connectivity index (χ3n) is 5.51. The quantitative estimate of drug-likeness (QED) is 0.682. The number of carbonyl (C=O) groups is 2. The molecule has 1 fully saturated rings. The van der Waals surface area contributed by atoms with E-state index in [0.29, 0.717) is 19.6 Å². The van der Waals surface area contributed by atoms with Crippen LogP contribution >= 0.6 is 0 Å². The second-order valence-electron chi connectivity index (χ2n) is 7.45. The van der Waals surface area contributed by atoms with E-state index in [-0.39, 0.29) is 18.4 Å². The summed E-state index contributed by atoms with van der Waals surface area (Å²) < 4.78 is 5.15. The maximum atomic E-state index is 13.0. The summed E-state index contributed by atoms with van der Waals surface area (Å²) in [7, 11) is 1.62. The van der Waals surface area contributed by atoms with Crippen molar-refractivity contribution in [2.45, 2.75) is 26.3 Å². The van der Waals surface area contributed by atoms with Gasteiger partial charge in [-0.15, -0.1) is 0 Å². The van der Waals surface area contributed by atoms with E-state index in [1.54, 1.807) is 12.1 Å². The first-order valence-electron chi connectivity index (χ1n) is 10.1. The molecule has 1 saturated heterocycles. The number of carbonyl (C=O) groups excluding carboxylic acids is 2. The molecule has 4 rings (SSSR count). The molecule has 1 aliphatic rings. The van der Waals surface area contributed by atoms with Gasteiger partial charge in [0.05, 0.1) is 13.5 Å². The number of aromatic nitrogens is 1. The van der Waals surface area contributed by atoms with Crippen LogP contribution in [0.2, 0.25) is 0 Å². The van der Waals surface area contributed by atoms with Crippen LogP contribution < -0.4 is 10.1 Å². The lowest BCUT2D eigenvalue weighted by molar-refractivity contribution is -0.139. The van der Waals surface area contributed by atoms with E-state index in [2.05, 4.69) is 10.3 Å². The van der Waals surface area contributed by atoms with Crippen LogP contribution in [0, 0.1) is 6.92 Å². The minimum Gasteiger partial charge on any atom is -0.497 e. The highest BCUT2D eigenvalue weighted by atomic mass is 16.5. The molecular formula is C23H26N4O3. The van der Waals surface area contributed by atoms with Crippen molar-refractivity contribution in [3.8, 4) is 5.75 Å². The van der Waals surface area contributed by atoms with Crippen LogP contribution in [0.3, 0.4) is 0 Å². The Morgan fingerprint density at radius 3 is 2.57 bits per heavy atom. The predicted octanol–water partition coefficient (Wildman–Crippen LogP) is 3.39. The highest BCUT2D eigenvalue weighted by molar-refractivity contribution is 5.91. The van der Waals surface area contributed by atoms with Crippen LogP contribution in [-0.4, -0.2) is 47.1 Å². The van der Waals surface area contributed by atoms with Gasteiger partial charge in [-0.1, -0.05) is 30.3 Å². The van der Waals surface area contributed by atoms with E-state index < -0.39 is 0 Å². The molecule has 0 unspecified atom stereocenters. The minimum absolute atomic E-state index is 0.0695. The van der Waals surface area contributed by atoms with Gasteiger partial charge in [0.25, 0.3) is 0 Å². The van der Waals surface area contributed by atoms with Crippen LogP contribution in [-0.2, 0) is 17.8 Å². The van der Waals surface area contributed by atoms with Crippen LogP contribution in [0.5, 0.6) is 5.75 Å². The number of hydrogen-bond acceptors (Lipinski definition) is 3. The lowest BCUT2D eigenvalue weighted by atomic mass is 10.1. The van der Waals surface area contributed by atoms with E-state index in [0.717, 1.165) is 39.9 Å². The molecule has 0 atom stereocenters. The zero-order valence-electron chi connectivity index (χ0n) is 17.3. The number of nitrogens with one attached hydrogen (secondary N) is 2. The summed E-state index contributed by atoms with van der Waals surface area (Å²) in [5, 5.41) is 7.06. The van der Waals surface area contributed by atoms with Crippen molar-refractivity contribution in [3.05, 3.63) is 65.4 Å². The lowest BCUT2D eigenvalue weighted by Crippen LogP contribution is -2.49. The molecule has 0 spiro atoms. The molecule has 1 aliphatic heterocycles. The summed E-state index contributed by atoms with van der Waals surface area (Å²) in [5.74, 6) is 0.703. The van der Waals surface area contributed by atoms with E-state index in [1.807, 2.05) is 55.5 Å². The maximum absolute atomic E-state index is 13.0. The van der Waals surface area contributed by atoms with Crippen molar-refractivity contribution in [2.75, 3.05) is 20.2 Å². The van der Waals surface area contributed by atoms with Gasteiger partial charge in [0.1, 0.15) is 5.75 Å². The third-order valence-corrected chi connectivity index (χ3v) is 5.51. The molecule has 156 valence electrons. The number of urea groups is 1. The second kappa shape index (κ2) is 8.49. The standard InChI is InChI=1S/C23H26N4O3/c1-16-20(19-6-3-4-7-21(19)25-16)14-22(28)26-12-5-13-27(26)23(29)24-15-17-8-10-18(30-2)11-9-17/h3-4,6-11,25H,5,12-15H2,1-2H3,(H,24,29). The highest BCUT2D eigenvalue weighted by Gasteiger charge is 2.31. The smallest absolute Gasteiger partial charge is 0.336 e. The fourth-order valence-corrected chi connectivity index (χ4v) is 3.90. The van der Waals surface area contributed by atoms with Crippen LogP contribution in [0.15, 0.2) is 48.5 Å². The van der Waals surface area contributed by atoms with Gasteiger partial charge in [0, 0.05) is 36.2 Å². The molecule has 0 bridgehead atoms. The predicted molar refractivity (Wildman–Crippen MR) is 115 cm³/mol. The fourth-order valence-electron chi connectivity index (χ4n) is 3.90. The summed E-state index contributed by atoms with van der Waals surface area (Å²) in [6.07, 6.45) is 1.03. The normalized spacial score (nSPS) is 13.7. The van der Waals surface area contributed by atoms with Crippen LogP contribution in [0.4, 0.5) is 4.79 Å². The number of benzene rings is 2. The molecular weight excluding hydrogens is 380 g/mol. The number of fused-ring (bicyclic) bond motifs is 1. The average molecular weight is 406 g/mol. The number of amides is 3. The number of aromatic amines is 1. The number of nitrogens with zero attached hydrogens (tertiary/aromatic N) is 2. The lowest BCUT2D eigenvalue weighted by Gasteiger charge is -2.28. The molecule has 3 aromatic rings. The summed E-state index contributed by atoms with van der Waals surface area (Å²) in [4.78, 5) is 29.1. The number of H-pyrrole nitrogens is 1. The number of para-hydroxylation sites is 1. The molecule has 7 heteroatoms. The number of hydrazine groups is 1. The average Bonchev–Trinajstić information content (AvgIpc) is 3.37. The fraction of sp³-hybridized carbons (Fsp3) is 0.304. The first kappa shape index (κ1) is 19.8. The van der Waals surface area contributed by atoms with E-state index in [1.165, 1.54) is 5.01 Å². The number of methoxy groups -OCH3 is 1. The molecule has 0 radical (unpaired) electrons. The van der Waals surface area contributed by atoms with E-state index in [9.17, 15) is 9.59 Å². The van der Waals surface area contributed by atoms with Gasteiger partial charge >= 0.3 is 6.03 Å². The maximum Gasteiger partial charge on any atom is 0.336 e. The Bertz CT molecular complexity index is 1060. The molecule has 1 aromatic heterocycles.